The van der Waals surface area contributed by atoms with Crippen LogP contribution in [0.4, 0.5) is 0 Å². The lowest BCUT2D eigenvalue weighted by Gasteiger charge is -2.35. The number of aryl methyl sites for hydroxylation is 1. The molecule has 0 amide bonds. The van der Waals surface area contributed by atoms with Crippen molar-refractivity contribution >= 4 is 22.9 Å². The number of likely N-dealkylation sites (tertiary alicyclic amines) is 1. The zero-order chi connectivity index (χ0) is 14.7. The van der Waals surface area contributed by atoms with Gasteiger partial charge >= 0.3 is 0 Å². The number of nitrogens with zero attached hydrogens (tertiary/aromatic N) is 1. The minimum Gasteiger partial charge on any atom is -0.307 e. The number of halogens is 1. The first-order valence-electron chi connectivity index (χ1n) is 8.52. The van der Waals surface area contributed by atoms with Gasteiger partial charge in [-0.05, 0) is 69.8 Å². The molecule has 118 valence electrons. The van der Waals surface area contributed by atoms with E-state index >= 15 is 0 Å². The van der Waals surface area contributed by atoms with Crippen LogP contribution in [0.5, 0.6) is 0 Å². The van der Waals surface area contributed by atoms with Gasteiger partial charge in [0, 0.05) is 17.0 Å². The van der Waals surface area contributed by atoms with Crippen molar-refractivity contribution in [3.63, 3.8) is 0 Å². The van der Waals surface area contributed by atoms with Crippen LogP contribution < -0.4 is 5.32 Å². The Morgan fingerprint density at radius 2 is 2.14 bits per heavy atom. The quantitative estimate of drug-likeness (QED) is 0.848. The van der Waals surface area contributed by atoms with Crippen molar-refractivity contribution in [1.82, 2.24) is 10.2 Å². The van der Waals surface area contributed by atoms with Crippen LogP contribution in [0.15, 0.2) is 6.07 Å². The van der Waals surface area contributed by atoms with Gasteiger partial charge in [-0.1, -0.05) is 24.9 Å². The molecule has 2 aliphatic rings. The first kappa shape index (κ1) is 15.8. The Morgan fingerprint density at radius 1 is 1.33 bits per heavy atom. The Kier molecular flexibility index (Phi) is 5.60. The summed E-state index contributed by atoms with van der Waals surface area (Å²) in [4.78, 5) is 4.15. The molecule has 1 aliphatic heterocycles. The van der Waals surface area contributed by atoms with Crippen LogP contribution >= 0.6 is 22.9 Å². The maximum absolute atomic E-state index is 6.21. The first-order valence-corrected chi connectivity index (χ1v) is 9.72. The van der Waals surface area contributed by atoms with E-state index < -0.39 is 0 Å². The van der Waals surface area contributed by atoms with Crippen molar-refractivity contribution in [3.8, 4) is 0 Å². The summed E-state index contributed by atoms with van der Waals surface area (Å²) in [7, 11) is 0. The van der Waals surface area contributed by atoms with E-state index in [9.17, 15) is 0 Å². The fourth-order valence-electron chi connectivity index (χ4n) is 3.68. The van der Waals surface area contributed by atoms with Crippen molar-refractivity contribution in [1.29, 1.82) is 0 Å². The molecule has 3 rings (SSSR count). The third-order valence-electron chi connectivity index (χ3n) is 4.94. The molecule has 0 spiro atoms. The van der Waals surface area contributed by atoms with Crippen molar-refractivity contribution in [2.75, 3.05) is 19.6 Å². The molecule has 0 bridgehead atoms. The van der Waals surface area contributed by atoms with Crippen LogP contribution in [0, 0.1) is 0 Å². The summed E-state index contributed by atoms with van der Waals surface area (Å²) in [5.41, 5.74) is 1.49. The minimum absolute atomic E-state index is 0.546. The number of hydrogen-bond donors (Lipinski definition) is 1. The molecule has 1 aromatic heterocycles. The van der Waals surface area contributed by atoms with E-state index in [2.05, 4.69) is 23.2 Å². The molecule has 1 N–H and O–H groups in total. The van der Waals surface area contributed by atoms with E-state index in [0.717, 1.165) is 4.34 Å². The van der Waals surface area contributed by atoms with Crippen molar-refractivity contribution in [2.24, 2.45) is 0 Å². The highest BCUT2D eigenvalue weighted by Crippen LogP contribution is 2.38. The molecule has 1 aliphatic carbocycles. The lowest BCUT2D eigenvalue weighted by atomic mass is 9.92. The van der Waals surface area contributed by atoms with Crippen LogP contribution in [0.3, 0.4) is 0 Å². The van der Waals surface area contributed by atoms with Gasteiger partial charge in [0.15, 0.2) is 0 Å². The van der Waals surface area contributed by atoms with Crippen LogP contribution in [0.25, 0.3) is 0 Å². The number of piperidine rings is 1. The highest BCUT2D eigenvalue weighted by molar-refractivity contribution is 7.16. The van der Waals surface area contributed by atoms with E-state index in [0.29, 0.717) is 12.1 Å². The molecule has 1 aromatic rings. The summed E-state index contributed by atoms with van der Waals surface area (Å²) >= 11 is 7.99. The first-order chi connectivity index (χ1) is 10.3. The predicted molar refractivity (Wildman–Crippen MR) is 92.5 cm³/mol. The summed E-state index contributed by atoms with van der Waals surface area (Å²) in [6.45, 7) is 6.10. The van der Waals surface area contributed by atoms with E-state index in [-0.39, 0.29) is 0 Å². The molecule has 1 saturated heterocycles. The molecule has 2 heterocycles. The van der Waals surface area contributed by atoms with E-state index in [1.165, 1.54) is 75.0 Å². The van der Waals surface area contributed by atoms with Crippen LogP contribution in [-0.2, 0) is 6.42 Å². The fourth-order valence-corrected chi connectivity index (χ4v) is 5.07. The summed E-state index contributed by atoms with van der Waals surface area (Å²) in [5.74, 6) is 0. The summed E-state index contributed by atoms with van der Waals surface area (Å²) in [5, 5.41) is 3.93. The fraction of sp³-hybridized carbons (Fsp3) is 0.765. The molecular weight excluding hydrogens is 300 g/mol. The van der Waals surface area contributed by atoms with Crippen LogP contribution in [0.2, 0.25) is 4.34 Å². The van der Waals surface area contributed by atoms with Gasteiger partial charge in [0.2, 0.25) is 0 Å². The van der Waals surface area contributed by atoms with E-state index in [1.54, 1.807) is 11.3 Å². The molecule has 0 aromatic carbocycles. The maximum atomic E-state index is 6.21. The summed E-state index contributed by atoms with van der Waals surface area (Å²) in [6, 6.07) is 3.44. The van der Waals surface area contributed by atoms with Gasteiger partial charge in [0.25, 0.3) is 0 Å². The highest BCUT2D eigenvalue weighted by atomic mass is 35.5. The molecular formula is C17H27ClN2S. The standard InChI is InChI=1S/C17H27ClN2S/c1-2-3-9-20-10-7-13(8-11-20)19-15-5-4-6-16-14(15)12-17(18)21-16/h12-13,15,19H,2-11H2,1H3. The van der Waals surface area contributed by atoms with Gasteiger partial charge in [0.1, 0.15) is 0 Å². The lowest BCUT2D eigenvalue weighted by molar-refractivity contribution is 0.186. The SMILES string of the molecule is CCCCN1CCC(NC2CCCc3sc(Cl)cc32)CC1. The normalized spacial score (nSPS) is 24.2. The van der Waals surface area contributed by atoms with Gasteiger partial charge in [-0.3, -0.25) is 0 Å². The molecule has 1 atom stereocenters. The number of rotatable bonds is 5. The predicted octanol–water partition coefficient (Wildman–Crippen LogP) is 4.63. The zero-order valence-corrected chi connectivity index (χ0v) is 14.6. The largest absolute Gasteiger partial charge is 0.307 e. The summed E-state index contributed by atoms with van der Waals surface area (Å²) < 4.78 is 0.961. The molecule has 0 radical (unpaired) electrons. The number of nitrogens with one attached hydrogen (secondary N) is 1. The molecule has 1 unspecified atom stereocenters. The third-order valence-corrected chi connectivity index (χ3v) is 6.28. The number of thiophene rings is 1. The second-order valence-corrected chi connectivity index (χ2v) is 8.28. The van der Waals surface area contributed by atoms with Gasteiger partial charge in [0.05, 0.1) is 4.34 Å². The Morgan fingerprint density at radius 3 is 2.90 bits per heavy atom. The Bertz CT molecular complexity index is 452. The van der Waals surface area contributed by atoms with Crippen molar-refractivity contribution in [2.45, 2.75) is 64.0 Å². The van der Waals surface area contributed by atoms with Crippen LogP contribution in [-0.4, -0.2) is 30.6 Å². The third kappa shape index (κ3) is 4.01. The van der Waals surface area contributed by atoms with Crippen molar-refractivity contribution in [3.05, 3.63) is 20.8 Å². The molecule has 2 nitrogen and oxygen atoms in total. The van der Waals surface area contributed by atoms with Crippen molar-refractivity contribution < 1.29 is 0 Å². The van der Waals surface area contributed by atoms with Gasteiger partial charge in [-0.15, -0.1) is 11.3 Å². The Hall–Kier alpha value is -0.0900. The number of unbranched alkanes of at least 4 members (excludes halogenated alkanes) is 1. The maximum Gasteiger partial charge on any atom is 0.0934 e. The van der Waals surface area contributed by atoms with Crippen LogP contribution in [0.1, 0.15) is 61.9 Å². The second kappa shape index (κ2) is 7.45. The Balaban J connectivity index is 1.52. The second-order valence-electron chi connectivity index (χ2n) is 6.51. The monoisotopic (exact) mass is 326 g/mol. The topological polar surface area (TPSA) is 15.3 Å². The number of hydrogen-bond acceptors (Lipinski definition) is 3. The van der Waals surface area contributed by atoms with E-state index in [4.69, 9.17) is 11.6 Å². The average Bonchev–Trinajstić information content (AvgIpc) is 2.88. The molecule has 0 saturated carbocycles. The molecule has 4 heteroatoms. The molecule has 1 fully saturated rings. The van der Waals surface area contributed by atoms with Gasteiger partial charge in [-0.25, -0.2) is 0 Å². The summed E-state index contributed by atoms with van der Waals surface area (Å²) in [6.07, 6.45) is 9.05. The number of fused-ring (bicyclic) bond motifs is 1. The molecule has 21 heavy (non-hydrogen) atoms. The minimum atomic E-state index is 0.546. The highest BCUT2D eigenvalue weighted by Gasteiger charge is 2.26. The lowest BCUT2D eigenvalue weighted by Crippen LogP contribution is -2.44. The average molecular weight is 327 g/mol. The van der Waals surface area contributed by atoms with E-state index in [1.807, 2.05) is 0 Å². The zero-order valence-electron chi connectivity index (χ0n) is 13.0. The van der Waals surface area contributed by atoms with Gasteiger partial charge in [-0.2, -0.15) is 0 Å². The smallest absolute Gasteiger partial charge is 0.0934 e. The Labute approximate surface area is 137 Å². The van der Waals surface area contributed by atoms with Gasteiger partial charge < -0.3 is 10.2 Å².